The minimum atomic E-state index is 0.727. The second-order valence-electron chi connectivity index (χ2n) is 5.98. The second-order valence-corrected chi connectivity index (χ2v) is 6.42. The predicted molar refractivity (Wildman–Crippen MR) is 77.2 cm³/mol. The summed E-state index contributed by atoms with van der Waals surface area (Å²) in [4.78, 5) is 0. The van der Waals surface area contributed by atoms with Gasteiger partial charge in [0.25, 0.3) is 0 Å². The highest BCUT2D eigenvalue weighted by molar-refractivity contribution is 6.30. The van der Waals surface area contributed by atoms with Gasteiger partial charge in [-0.25, -0.2) is 0 Å². The Morgan fingerprint density at radius 2 is 1.94 bits per heavy atom. The molecule has 0 radical (unpaired) electrons. The molecular formula is C16H22ClN. The highest BCUT2D eigenvalue weighted by atomic mass is 35.5. The van der Waals surface area contributed by atoms with Gasteiger partial charge in [-0.15, -0.1) is 0 Å². The van der Waals surface area contributed by atoms with Crippen molar-refractivity contribution in [3.05, 3.63) is 34.9 Å². The summed E-state index contributed by atoms with van der Waals surface area (Å²) >= 11 is 6.04. The van der Waals surface area contributed by atoms with Crippen LogP contribution in [0.3, 0.4) is 0 Å². The van der Waals surface area contributed by atoms with Crippen LogP contribution in [0.4, 0.5) is 0 Å². The first-order valence-electron chi connectivity index (χ1n) is 7.30. The molecule has 2 aliphatic rings. The maximum Gasteiger partial charge on any atom is 0.0408 e. The topological polar surface area (TPSA) is 12.0 Å². The lowest BCUT2D eigenvalue weighted by Crippen LogP contribution is -2.41. The molecule has 2 heteroatoms. The maximum absolute atomic E-state index is 6.04. The molecular weight excluding hydrogens is 242 g/mol. The van der Waals surface area contributed by atoms with E-state index in [1.54, 1.807) is 0 Å². The lowest BCUT2D eigenvalue weighted by atomic mass is 9.76. The molecule has 0 bridgehead atoms. The largest absolute Gasteiger partial charge is 0.314 e. The standard InChI is InChI=1S/C16H22ClN/c17-15-7-3-6-13(8-15)14-9-16(10-14)18-11-12-4-1-2-5-12/h3,6-8,12,14,16,18H,1-2,4-5,9-11H2. The molecule has 1 aromatic carbocycles. The van der Waals surface area contributed by atoms with E-state index in [0.29, 0.717) is 0 Å². The SMILES string of the molecule is Clc1cccc(C2CC(NCC3CCCC3)C2)c1. The van der Waals surface area contributed by atoms with Crippen LogP contribution in [0.25, 0.3) is 0 Å². The smallest absolute Gasteiger partial charge is 0.0408 e. The van der Waals surface area contributed by atoms with Crippen molar-refractivity contribution in [1.29, 1.82) is 0 Å². The van der Waals surface area contributed by atoms with Crippen LogP contribution in [-0.2, 0) is 0 Å². The van der Waals surface area contributed by atoms with Crippen LogP contribution in [0.2, 0.25) is 5.02 Å². The third-order valence-corrected chi connectivity index (χ3v) is 4.86. The van der Waals surface area contributed by atoms with Crippen molar-refractivity contribution < 1.29 is 0 Å². The van der Waals surface area contributed by atoms with Crippen LogP contribution in [0, 0.1) is 5.92 Å². The second kappa shape index (κ2) is 5.63. The summed E-state index contributed by atoms with van der Waals surface area (Å²) in [6.45, 7) is 1.24. The van der Waals surface area contributed by atoms with Gasteiger partial charge in [0.2, 0.25) is 0 Å². The molecule has 0 aliphatic heterocycles. The van der Waals surface area contributed by atoms with Gasteiger partial charge >= 0.3 is 0 Å². The first kappa shape index (κ1) is 12.5. The van der Waals surface area contributed by atoms with Crippen molar-refractivity contribution in [2.75, 3.05) is 6.54 Å². The van der Waals surface area contributed by atoms with Crippen LogP contribution >= 0.6 is 11.6 Å². The Balaban J connectivity index is 1.42. The number of rotatable bonds is 4. The van der Waals surface area contributed by atoms with Gasteiger partial charge in [-0.3, -0.25) is 0 Å². The zero-order valence-corrected chi connectivity index (χ0v) is 11.6. The molecule has 0 aromatic heterocycles. The molecule has 0 saturated heterocycles. The average molecular weight is 264 g/mol. The van der Waals surface area contributed by atoms with Crippen LogP contribution in [0.15, 0.2) is 24.3 Å². The summed E-state index contributed by atoms with van der Waals surface area (Å²) in [7, 11) is 0. The van der Waals surface area contributed by atoms with Crippen molar-refractivity contribution in [1.82, 2.24) is 5.32 Å². The lowest BCUT2D eigenvalue weighted by molar-refractivity contribution is 0.276. The molecule has 2 saturated carbocycles. The number of hydrogen-bond acceptors (Lipinski definition) is 1. The number of hydrogen-bond donors (Lipinski definition) is 1. The Bertz CT molecular complexity index is 392. The third-order valence-electron chi connectivity index (χ3n) is 4.63. The number of halogens is 1. The van der Waals surface area contributed by atoms with Crippen molar-refractivity contribution in [3.8, 4) is 0 Å². The molecule has 98 valence electrons. The molecule has 1 nitrogen and oxygen atoms in total. The van der Waals surface area contributed by atoms with E-state index >= 15 is 0 Å². The van der Waals surface area contributed by atoms with Gasteiger partial charge in [0, 0.05) is 11.1 Å². The van der Waals surface area contributed by atoms with E-state index < -0.39 is 0 Å². The van der Waals surface area contributed by atoms with Crippen molar-refractivity contribution in [2.24, 2.45) is 5.92 Å². The van der Waals surface area contributed by atoms with Crippen molar-refractivity contribution >= 4 is 11.6 Å². The van der Waals surface area contributed by atoms with Crippen LogP contribution in [-0.4, -0.2) is 12.6 Å². The van der Waals surface area contributed by atoms with Gasteiger partial charge < -0.3 is 5.32 Å². The zero-order valence-electron chi connectivity index (χ0n) is 10.9. The van der Waals surface area contributed by atoms with E-state index in [0.717, 1.165) is 22.9 Å². The molecule has 0 heterocycles. The van der Waals surface area contributed by atoms with E-state index in [1.165, 1.54) is 50.6 Å². The number of nitrogens with one attached hydrogen (secondary N) is 1. The van der Waals surface area contributed by atoms with Gasteiger partial charge in [-0.05, 0) is 61.8 Å². The number of benzene rings is 1. The van der Waals surface area contributed by atoms with Crippen LogP contribution in [0.5, 0.6) is 0 Å². The quantitative estimate of drug-likeness (QED) is 0.851. The molecule has 1 N–H and O–H groups in total. The normalized spacial score (nSPS) is 28.3. The Morgan fingerprint density at radius 1 is 1.17 bits per heavy atom. The fourth-order valence-corrected chi connectivity index (χ4v) is 3.56. The fourth-order valence-electron chi connectivity index (χ4n) is 3.37. The molecule has 3 rings (SSSR count). The minimum Gasteiger partial charge on any atom is -0.314 e. The predicted octanol–water partition coefficient (Wildman–Crippen LogP) is 4.37. The van der Waals surface area contributed by atoms with E-state index in [9.17, 15) is 0 Å². The summed E-state index contributed by atoms with van der Waals surface area (Å²) in [6, 6.07) is 9.11. The molecule has 18 heavy (non-hydrogen) atoms. The molecule has 1 aromatic rings. The van der Waals surface area contributed by atoms with Gasteiger partial charge in [-0.2, -0.15) is 0 Å². The monoisotopic (exact) mass is 263 g/mol. The molecule has 0 unspecified atom stereocenters. The van der Waals surface area contributed by atoms with E-state index in [1.807, 2.05) is 6.07 Å². The third kappa shape index (κ3) is 2.89. The minimum absolute atomic E-state index is 0.727. The summed E-state index contributed by atoms with van der Waals surface area (Å²) in [5, 5.41) is 4.61. The van der Waals surface area contributed by atoms with Crippen LogP contribution in [0.1, 0.15) is 50.0 Å². The average Bonchev–Trinajstić information content (AvgIpc) is 2.80. The van der Waals surface area contributed by atoms with E-state index in [-0.39, 0.29) is 0 Å². The Labute approximate surface area is 115 Å². The molecule has 2 fully saturated rings. The van der Waals surface area contributed by atoms with E-state index in [2.05, 4.69) is 23.5 Å². The van der Waals surface area contributed by atoms with Crippen molar-refractivity contribution in [2.45, 2.75) is 50.5 Å². The first-order valence-corrected chi connectivity index (χ1v) is 7.68. The Hall–Kier alpha value is -0.530. The summed E-state index contributed by atoms with van der Waals surface area (Å²) in [5.41, 5.74) is 1.42. The summed E-state index contributed by atoms with van der Waals surface area (Å²) in [5.74, 6) is 1.68. The Kier molecular flexibility index (Phi) is 3.91. The van der Waals surface area contributed by atoms with Gasteiger partial charge in [-0.1, -0.05) is 36.6 Å². The molecule has 0 amide bonds. The van der Waals surface area contributed by atoms with Gasteiger partial charge in [0.1, 0.15) is 0 Å². The maximum atomic E-state index is 6.04. The fraction of sp³-hybridized carbons (Fsp3) is 0.625. The summed E-state index contributed by atoms with van der Waals surface area (Å²) < 4.78 is 0. The zero-order chi connectivity index (χ0) is 12.4. The van der Waals surface area contributed by atoms with Crippen molar-refractivity contribution in [3.63, 3.8) is 0 Å². The lowest BCUT2D eigenvalue weighted by Gasteiger charge is -2.37. The first-order chi connectivity index (χ1) is 8.81. The Morgan fingerprint density at radius 3 is 2.67 bits per heavy atom. The summed E-state index contributed by atoms with van der Waals surface area (Å²) in [6.07, 6.45) is 8.35. The van der Waals surface area contributed by atoms with Gasteiger partial charge in [0.15, 0.2) is 0 Å². The highest BCUT2D eigenvalue weighted by Crippen LogP contribution is 2.38. The van der Waals surface area contributed by atoms with Crippen LogP contribution < -0.4 is 5.32 Å². The highest BCUT2D eigenvalue weighted by Gasteiger charge is 2.30. The molecule has 0 spiro atoms. The van der Waals surface area contributed by atoms with E-state index in [4.69, 9.17) is 11.6 Å². The van der Waals surface area contributed by atoms with Gasteiger partial charge in [0.05, 0.1) is 0 Å². The molecule has 0 atom stereocenters. The molecule has 2 aliphatic carbocycles.